The zero-order valence-corrected chi connectivity index (χ0v) is 11.9. The van der Waals surface area contributed by atoms with Gasteiger partial charge in [-0.2, -0.15) is 0 Å². The smallest absolute Gasteiger partial charge is 0.252 e. The second-order valence-corrected chi connectivity index (χ2v) is 4.87. The Morgan fingerprint density at radius 2 is 1.90 bits per heavy atom. The predicted octanol–water partition coefficient (Wildman–Crippen LogP) is 2.35. The summed E-state index contributed by atoms with van der Waals surface area (Å²) in [6, 6.07) is 10.00. The van der Waals surface area contributed by atoms with Crippen molar-refractivity contribution in [1.82, 2.24) is 0 Å². The number of nitrogen functional groups attached to an aromatic ring is 1. The van der Waals surface area contributed by atoms with Gasteiger partial charge in [-0.15, -0.1) is 0 Å². The summed E-state index contributed by atoms with van der Waals surface area (Å²) < 4.78 is 5.64. The van der Waals surface area contributed by atoms with Gasteiger partial charge in [-0.05, 0) is 36.2 Å². The fraction of sp³-hybridized carbons (Fsp3) is 0.133. The summed E-state index contributed by atoms with van der Waals surface area (Å²) in [6.07, 6.45) is 0.565. The van der Waals surface area contributed by atoms with Crippen molar-refractivity contribution in [2.24, 2.45) is 5.73 Å². The molecule has 0 aliphatic rings. The number of primary amides is 1. The highest BCUT2D eigenvalue weighted by molar-refractivity contribution is 6.33. The maximum absolute atomic E-state index is 11.5. The van der Waals surface area contributed by atoms with Crippen molar-refractivity contribution in [3.8, 4) is 11.5 Å². The van der Waals surface area contributed by atoms with Crippen LogP contribution in [-0.2, 0) is 6.42 Å². The molecule has 0 saturated heterocycles. The Morgan fingerprint density at radius 3 is 2.48 bits per heavy atom. The zero-order valence-electron chi connectivity index (χ0n) is 11.2. The van der Waals surface area contributed by atoms with E-state index in [1.165, 1.54) is 12.1 Å². The lowest BCUT2D eigenvalue weighted by Crippen LogP contribution is -2.13. The Balaban J connectivity index is 2.32. The molecule has 0 saturated carbocycles. The van der Waals surface area contributed by atoms with Gasteiger partial charge in [0, 0.05) is 12.3 Å². The number of halogens is 1. The lowest BCUT2D eigenvalue weighted by molar-refractivity contribution is 0.0998. The summed E-state index contributed by atoms with van der Waals surface area (Å²) in [4.78, 5) is 11.5. The number of ether oxygens (including phenoxy) is 1. The lowest BCUT2D eigenvalue weighted by atomic mass is 10.1. The summed E-state index contributed by atoms with van der Waals surface area (Å²) in [5, 5.41) is 9.08. The molecule has 0 aliphatic carbocycles. The molecule has 2 rings (SSSR count). The number of amides is 1. The Hall–Kier alpha value is -2.24. The molecule has 0 unspecified atom stereocenters. The summed E-state index contributed by atoms with van der Waals surface area (Å²) in [5.41, 5.74) is 12.4. The van der Waals surface area contributed by atoms with E-state index in [-0.39, 0.29) is 22.9 Å². The van der Waals surface area contributed by atoms with Gasteiger partial charge < -0.3 is 21.3 Å². The maximum Gasteiger partial charge on any atom is 0.252 e. The topological polar surface area (TPSA) is 98.6 Å². The zero-order chi connectivity index (χ0) is 15.4. The first kappa shape index (κ1) is 15.2. The Bertz CT molecular complexity index is 657. The van der Waals surface area contributed by atoms with E-state index in [9.17, 15) is 4.79 Å². The van der Waals surface area contributed by atoms with E-state index < -0.39 is 5.91 Å². The molecule has 1 amide bonds. The van der Waals surface area contributed by atoms with E-state index in [0.29, 0.717) is 17.9 Å². The first-order valence-electron chi connectivity index (χ1n) is 6.27. The van der Waals surface area contributed by atoms with E-state index in [1.807, 2.05) is 12.1 Å². The molecule has 21 heavy (non-hydrogen) atoms. The number of anilines is 1. The SMILES string of the molecule is NC(=O)c1cc(N)cc(Cl)c1Oc1ccc(CCO)cc1. The van der Waals surface area contributed by atoms with Crippen molar-refractivity contribution in [3.05, 3.63) is 52.5 Å². The minimum atomic E-state index is -0.670. The third kappa shape index (κ3) is 3.65. The highest BCUT2D eigenvalue weighted by Crippen LogP contribution is 2.35. The molecule has 2 aromatic carbocycles. The highest BCUT2D eigenvalue weighted by Gasteiger charge is 2.15. The monoisotopic (exact) mass is 306 g/mol. The van der Waals surface area contributed by atoms with Gasteiger partial charge >= 0.3 is 0 Å². The number of rotatable bonds is 5. The number of aliphatic hydroxyl groups is 1. The number of aliphatic hydroxyl groups excluding tert-OH is 1. The van der Waals surface area contributed by atoms with Crippen LogP contribution < -0.4 is 16.2 Å². The molecule has 0 radical (unpaired) electrons. The van der Waals surface area contributed by atoms with Gasteiger partial charge in [0.25, 0.3) is 5.91 Å². The van der Waals surface area contributed by atoms with E-state index in [1.54, 1.807) is 12.1 Å². The minimum absolute atomic E-state index is 0.0792. The summed E-state index contributed by atoms with van der Waals surface area (Å²) in [5.74, 6) is 0.00948. The number of hydrogen-bond acceptors (Lipinski definition) is 4. The number of benzene rings is 2. The highest BCUT2D eigenvalue weighted by atomic mass is 35.5. The van der Waals surface area contributed by atoms with Gasteiger partial charge in [-0.25, -0.2) is 0 Å². The first-order valence-corrected chi connectivity index (χ1v) is 6.65. The Labute approximate surface area is 127 Å². The van der Waals surface area contributed by atoms with Gasteiger partial charge in [-0.3, -0.25) is 4.79 Å². The van der Waals surface area contributed by atoms with Gasteiger partial charge in [0.1, 0.15) is 5.75 Å². The van der Waals surface area contributed by atoms with Gasteiger partial charge in [-0.1, -0.05) is 23.7 Å². The number of carbonyl (C=O) groups is 1. The summed E-state index contributed by atoms with van der Waals surface area (Å²) in [6.45, 7) is 0.0792. The van der Waals surface area contributed by atoms with Crippen LogP contribution in [0.2, 0.25) is 5.02 Å². The molecule has 0 heterocycles. The minimum Gasteiger partial charge on any atom is -0.455 e. The average molecular weight is 307 g/mol. The van der Waals surface area contributed by atoms with Crippen molar-refractivity contribution in [2.75, 3.05) is 12.3 Å². The predicted molar refractivity (Wildman–Crippen MR) is 81.7 cm³/mol. The van der Waals surface area contributed by atoms with Gasteiger partial charge in [0.15, 0.2) is 5.75 Å². The molecule has 5 nitrogen and oxygen atoms in total. The van der Waals surface area contributed by atoms with E-state index in [2.05, 4.69) is 0 Å². The van der Waals surface area contributed by atoms with Crippen molar-refractivity contribution >= 4 is 23.2 Å². The van der Waals surface area contributed by atoms with Crippen LogP contribution in [0.4, 0.5) is 5.69 Å². The van der Waals surface area contributed by atoms with Crippen molar-refractivity contribution in [1.29, 1.82) is 0 Å². The van der Waals surface area contributed by atoms with Crippen LogP contribution in [0, 0.1) is 0 Å². The fourth-order valence-corrected chi connectivity index (χ4v) is 2.14. The molecule has 6 heteroatoms. The van der Waals surface area contributed by atoms with Crippen LogP contribution in [-0.4, -0.2) is 17.6 Å². The average Bonchev–Trinajstić information content (AvgIpc) is 2.43. The van der Waals surface area contributed by atoms with Crippen LogP contribution in [0.25, 0.3) is 0 Å². The molecule has 110 valence electrons. The molecular formula is C15H15ClN2O3. The lowest BCUT2D eigenvalue weighted by Gasteiger charge is -2.12. The van der Waals surface area contributed by atoms with Gasteiger partial charge in [0.2, 0.25) is 0 Å². The largest absolute Gasteiger partial charge is 0.455 e. The number of carbonyl (C=O) groups excluding carboxylic acids is 1. The molecule has 0 aliphatic heterocycles. The molecule has 2 aromatic rings. The molecular weight excluding hydrogens is 292 g/mol. The van der Waals surface area contributed by atoms with Gasteiger partial charge in [0.05, 0.1) is 10.6 Å². The second kappa shape index (κ2) is 6.47. The second-order valence-electron chi connectivity index (χ2n) is 4.46. The van der Waals surface area contributed by atoms with E-state index in [4.69, 9.17) is 32.9 Å². The van der Waals surface area contributed by atoms with Crippen LogP contribution in [0.3, 0.4) is 0 Å². The summed E-state index contributed by atoms with van der Waals surface area (Å²) in [7, 11) is 0. The molecule has 0 spiro atoms. The third-order valence-corrected chi connectivity index (χ3v) is 3.16. The summed E-state index contributed by atoms with van der Waals surface area (Å²) >= 11 is 6.06. The van der Waals surface area contributed by atoms with Crippen molar-refractivity contribution in [2.45, 2.75) is 6.42 Å². The number of nitrogens with two attached hydrogens (primary N) is 2. The van der Waals surface area contributed by atoms with E-state index >= 15 is 0 Å². The molecule has 0 atom stereocenters. The van der Waals surface area contributed by atoms with Crippen LogP contribution in [0.15, 0.2) is 36.4 Å². The molecule has 0 bridgehead atoms. The molecule has 5 N–H and O–H groups in total. The standard InChI is InChI=1S/C15H15ClN2O3/c16-13-8-10(17)7-12(15(18)20)14(13)21-11-3-1-9(2-4-11)5-6-19/h1-4,7-8,19H,5-6,17H2,(H2,18,20). The third-order valence-electron chi connectivity index (χ3n) is 2.88. The van der Waals surface area contributed by atoms with E-state index in [0.717, 1.165) is 5.56 Å². The fourth-order valence-electron chi connectivity index (χ4n) is 1.87. The number of hydrogen-bond donors (Lipinski definition) is 3. The normalized spacial score (nSPS) is 10.4. The Morgan fingerprint density at radius 1 is 1.24 bits per heavy atom. The maximum atomic E-state index is 11.5. The van der Waals surface area contributed by atoms with Crippen LogP contribution >= 0.6 is 11.6 Å². The quantitative estimate of drug-likeness (QED) is 0.738. The molecule has 0 aromatic heterocycles. The van der Waals surface area contributed by atoms with Crippen LogP contribution in [0.1, 0.15) is 15.9 Å². The molecule has 0 fully saturated rings. The van der Waals surface area contributed by atoms with Crippen LogP contribution in [0.5, 0.6) is 11.5 Å². The Kier molecular flexibility index (Phi) is 4.67. The van der Waals surface area contributed by atoms with Crippen molar-refractivity contribution < 1.29 is 14.6 Å². The van der Waals surface area contributed by atoms with Crippen molar-refractivity contribution in [3.63, 3.8) is 0 Å². The first-order chi connectivity index (χ1) is 10.0.